The van der Waals surface area contributed by atoms with Crippen molar-refractivity contribution in [3.63, 3.8) is 0 Å². The van der Waals surface area contributed by atoms with Crippen molar-refractivity contribution in [1.29, 1.82) is 0 Å². The van der Waals surface area contributed by atoms with E-state index in [2.05, 4.69) is 10.2 Å². The molecule has 1 unspecified atom stereocenters. The third kappa shape index (κ3) is 2.42. The van der Waals surface area contributed by atoms with Crippen LogP contribution in [0.5, 0.6) is 0 Å². The fourth-order valence-corrected chi connectivity index (χ4v) is 1.57. The molecule has 0 amide bonds. The lowest BCUT2D eigenvalue weighted by molar-refractivity contribution is 0.0696. The van der Waals surface area contributed by atoms with Crippen molar-refractivity contribution in [2.45, 2.75) is 25.9 Å². The van der Waals surface area contributed by atoms with Gasteiger partial charge in [0, 0.05) is 12.6 Å². The van der Waals surface area contributed by atoms with Gasteiger partial charge in [0.2, 0.25) is 0 Å². The molecule has 17 heavy (non-hydrogen) atoms. The molecule has 0 saturated heterocycles. The summed E-state index contributed by atoms with van der Waals surface area (Å²) in [5.74, 6) is -0.328. The van der Waals surface area contributed by atoms with Crippen LogP contribution in [-0.4, -0.2) is 36.9 Å². The highest BCUT2D eigenvalue weighted by molar-refractivity contribution is 5.87. The van der Waals surface area contributed by atoms with Gasteiger partial charge in [0.05, 0.1) is 11.7 Å². The first-order chi connectivity index (χ1) is 8.08. The molecule has 90 valence electrons. The second-order valence-corrected chi connectivity index (χ2v) is 3.96. The molecule has 2 N–H and O–H groups in total. The molecule has 2 heterocycles. The second-order valence-electron chi connectivity index (χ2n) is 3.96. The van der Waals surface area contributed by atoms with Crippen LogP contribution >= 0.6 is 0 Å². The molecule has 0 bridgehead atoms. The first-order valence-electron chi connectivity index (χ1n) is 5.33. The van der Waals surface area contributed by atoms with Gasteiger partial charge in [-0.1, -0.05) is 0 Å². The van der Waals surface area contributed by atoms with Gasteiger partial charge >= 0.3 is 5.97 Å². The van der Waals surface area contributed by atoms with Crippen molar-refractivity contribution in [3.05, 3.63) is 29.7 Å². The average molecular weight is 235 g/mol. The van der Waals surface area contributed by atoms with Gasteiger partial charge < -0.3 is 10.2 Å². The maximum absolute atomic E-state index is 10.8. The molecule has 1 atom stereocenters. The molecule has 0 spiro atoms. The zero-order valence-electron chi connectivity index (χ0n) is 9.37. The lowest BCUT2D eigenvalue weighted by atomic mass is 10.2. The molecular weight excluding hydrogens is 222 g/mol. The third-order valence-corrected chi connectivity index (χ3v) is 2.51. The summed E-state index contributed by atoms with van der Waals surface area (Å²) in [6.07, 6.45) is 2.21. The number of hydrogen-bond acceptors (Lipinski definition) is 4. The predicted octanol–water partition coefficient (Wildman–Crippen LogP) is 0.741. The first kappa shape index (κ1) is 11.5. The molecule has 2 aromatic rings. The number of carbonyl (C=O) groups is 1. The van der Waals surface area contributed by atoms with E-state index in [9.17, 15) is 9.90 Å². The van der Waals surface area contributed by atoms with Crippen molar-refractivity contribution in [3.8, 4) is 0 Å². The van der Waals surface area contributed by atoms with E-state index in [0.717, 1.165) is 0 Å². The van der Waals surface area contributed by atoms with Gasteiger partial charge in [0.15, 0.2) is 5.65 Å². The van der Waals surface area contributed by atoms with Gasteiger partial charge in [-0.2, -0.15) is 0 Å². The highest BCUT2D eigenvalue weighted by Gasteiger charge is 2.09. The fourth-order valence-electron chi connectivity index (χ4n) is 1.57. The molecule has 0 aliphatic rings. The van der Waals surface area contributed by atoms with E-state index in [-0.39, 0.29) is 5.56 Å². The summed E-state index contributed by atoms with van der Waals surface area (Å²) in [7, 11) is 0. The maximum atomic E-state index is 10.8. The number of aryl methyl sites for hydroxylation is 1. The summed E-state index contributed by atoms with van der Waals surface area (Å²) in [6.45, 7) is 1.70. The minimum absolute atomic E-state index is 0.190. The number of rotatable bonds is 4. The van der Waals surface area contributed by atoms with Crippen molar-refractivity contribution in [2.24, 2.45) is 0 Å². The van der Waals surface area contributed by atoms with Gasteiger partial charge in [-0.25, -0.2) is 4.79 Å². The van der Waals surface area contributed by atoms with E-state index >= 15 is 0 Å². The van der Waals surface area contributed by atoms with E-state index in [0.29, 0.717) is 24.3 Å². The Kier molecular flexibility index (Phi) is 3.06. The topological polar surface area (TPSA) is 87.7 Å². The zero-order valence-corrected chi connectivity index (χ0v) is 9.37. The number of aliphatic hydroxyl groups is 1. The van der Waals surface area contributed by atoms with Gasteiger partial charge in [-0.15, -0.1) is 10.2 Å². The Morgan fingerprint density at radius 3 is 2.88 bits per heavy atom. The van der Waals surface area contributed by atoms with Crippen LogP contribution in [0.3, 0.4) is 0 Å². The van der Waals surface area contributed by atoms with Crippen molar-refractivity contribution < 1.29 is 15.0 Å². The van der Waals surface area contributed by atoms with E-state index in [1.165, 1.54) is 12.3 Å². The molecule has 0 saturated carbocycles. The lowest BCUT2D eigenvalue weighted by Gasteiger charge is -2.03. The van der Waals surface area contributed by atoms with Gasteiger partial charge in [-0.05, 0) is 25.5 Å². The maximum Gasteiger partial charge on any atom is 0.337 e. The standard InChI is InChI=1S/C11H13N3O3/c1-7(15)2-4-9-12-13-10-5-3-8(11(16)17)6-14(9)10/h3,5-7,15H,2,4H2,1H3,(H,16,17). The molecule has 6 heteroatoms. The van der Waals surface area contributed by atoms with Crippen LogP contribution in [0.2, 0.25) is 0 Å². The largest absolute Gasteiger partial charge is 0.478 e. The number of pyridine rings is 1. The minimum atomic E-state index is -0.984. The second kappa shape index (κ2) is 4.50. The summed E-state index contributed by atoms with van der Waals surface area (Å²) < 4.78 is 1.64. The van der Waals surface area contributed by atoms with E-state index in [1.54, 1.807) is 17.4 Å². The normalized spacial score (nSPS) is 12.8. The molecule has 2 rings (SSSR count). The Morgan fingerprint density at radius 1 is 1.47 bits per heavy atom. The van der Waals surface area contributed by atoms with E-state index < -0.39 is 12.1 Å². The Hall–Kier alpha value is -1.95. The summed E-state index contributed by atoms with van der Waals surface area (Å²) in [6, 6.07) is 3.10. The number of carboxylic acid groups (broad SMARTS) is 1. The molecule has 6 nitrogen and oxygen atoms in total. The third-order valence-electron chi connectivity index (χ3n) is 2.51. The number of nitrogens with zero attached hydrogens (tertiary/aromatic N) is 3. The van der Waals surface area contributed by atoms with Crippen LogP contribution in [0.4, 0.5) is 0 Å². The number of carboxylic acids is 1. The first-order valence-corrected chi connectivity index (χ1v) is 5.33. The van der Waals surface area contributed by atoms with Crippen LogP contribution in [0, 0.1) is 0 Å². The molecule has 0 aromatic carbocycles. The number of aromatic nitrogens is 3. The van der Waals surface area contributed by atoms with Crippen molar-refractivity contribution >= 4 is 11.6 Å². The summed E-state index contributed by atoms with van der Waals surface area (Å²) in [5.41, 5.74) is 0.797. The quantitative estimate of drug-likeness (QED) is 0.816. The molecule has 0 fully saturated rings. The van der Waals surface area contributed by atoms with Crippen LogP contribution in [0.1, 0.15) is 29.5 Å². The van der Waals surface area contributed by atoms with Crippen LogP contribution in [0.25, 0.3) is 5.65 Å². The highest BCUT2D eigenvalue weighted by Crippen LogP contribution is 2.09. The Bertz CT molecular complexity index is 548. The highest BCUT2D eigenvalue weighted by atomic mass is 16.4. The smallest absolute Gasteiger partial charge is 0.337 e. The molecule has 2 aromatic heterocycles. The Balaban J connectivity index is 2.36. The van der Waals surface area contributed by atoms with Gasteiger partial charge in [0.25, 0.3) is 0 Å². The number of hydrogen-bond donors (Lipinski definition) is 2. The summed E-state index contributed by atoms with van der Waals surface area (Å²) in [4.78, 5) is 10.8. The number of aromatic carboxylic acids is 1. The Morgan fingerprint density at radius 2 is 2.24 bits per heavy atom. The van der Waals surface area contributed by atoms with Gasteiger partial charge in [-0.3, -0.25) is 4.40 Å². The van der Waals surface area contributed by atoms with Crippen LogP contribution in [0.15, 0.2) is 18.3 Å². The zero-order chi connectivity index (χ0) is 12.4. The van der Waals surface area contributed by atoms with Crippen molar-refractivity contribution in [1.82, 2.24) is 14.6 Å². The Labute approximate surface area is 97.5 Å². The lowest BCUT2D eigenvalue weighted by Crippen LogP contribution is -2.05. The SMILES string of the molecule is CC(O)CCc1nnc2ccc(C(=O)O)cn12. The molecule has 0 radical (unpaired) electrons. The van der Waals surface area contributed by atoms with E-state index in [1.807, 2.05) is 0 Å². The van der Waals surface area contributed by atoms with Crippen molar-refractivity contribution in [2.75, 3.05) is 0 Å². The number of aliphatic hydroxyl groups excluding tert-OH is 1. The fraction of sp³-hybridized carbons (Fsp3) is 0.364. The van der Waals surface area contributed by atoms with Gasteiger partial charge in [0.1, 0.15) is 5.82 Å². The molecular formula is C11H13N3O3. The van der Waals surface area contributed by atoms with E-state index in [4.69, 9.17) is 5.11 Å². The summed E-state index contributed by atoms with van der Waals surface area (Å²) >= 11 is 0. The average Bonchev–Trinajstić information content (AvgIpc) is 2.68. The predicted molar refractivity (Wildman–Crippen MR) is 59.9 cm³/mol. The molecule has 0 aliphatic carbocycles. The number of fused-ring (bicyclic) bond motifs is 1. The summed E-state index contributed by atoms with van der Waals surface area (Å²) in [5, 5.41) is 26.0. The monoisotopic (exact) mass is 235 g/mol. The molecule has 0 aliphatic heterocycles. The minimum Gasteiger partial charge on any atom is -0.478 e. The van der Waals surface area contributed by atoms with Crippen LogP contribution < -0.4 is 0 Å². The van der Waals surface area contributed by atoms with Crippen LogP contribution in [-0.2, 0) is 6.42 Å².